The van der Waals surface area contributed by atoms with Crippen molar-refractivity contribution in [2.24, 2.45) is 0 Å². The molecule has 1 aliphatic heterocycles. The average molecular weight is 315 g/mol. The number of nitrogens with one attached hydrogen (secondary N) is 1. The van der Waals surface area contributed by atoms with E-state index in [0.29, 0.717) is 0 Å². The molecule has 1 fully saturated rings. The van der Waals surface area contributed by atoms with Crippen molar-refractivity contribution >= 4 is 15.9 Å². The van der Waals surface area contributed by atoms with Crippen LogP contribution in [0.15, 0.2) is 22.7 Å². The quantitative estimate of drug-likeness (QED) is 0.900. The summed E-state index contributed by atoms with van der Waals surface area (Å²) in [6.45, 7) is 9.67. The second-order valence-corrected chi connectivity index (χ2v) is 6.38. The first-order chi connectivity index (χ1) is 8.42. The van der Waals surface area contributed by atoms with Gasteiger partial charge in [-0.25, -0.2) is 4.39 Å². The summed E-state index contributed by atoms with van der Waals surface area (Å²) in [7, 11) is 0. The zero-order valence-corrected chi connectivity index (χ0v) is 12.7. The highest BCUT2D eigenvalue weighted by molar-refractivity contribution is 9.10. The van der Waals surface area contributed by atoms with Crippen molar-refractivity contribution in [1.82, 2.24) is 10.2 Å². The normalized spacial score (nSPS) is 21.8. The molecule has 0 spiro atoms. The number of benzene rings is 1. The van der Waals surface area contributed by atoms with Crippen LogP contribution < -0.4 is 5.32 Å². The Morgan fingerprint density at radius 3 is 2.78 bits per heavy atom. The van der Waals surface area contributed by atoms with E-state index < -0.39 is 0 Å². The van der Waals surface area contributed by atoms with Gasteiger partial charge >= 0.3 is 0 Å². The third-order valence-electron chi connectivity index (χ3n) is 3.74. The summed E-state index contributed by atoms with van der Waals surface area (Å²) in [6, 6.07) is 5.23. The number of rotatable bonds is 2. The molecule has 0 aromatic heterocycles. The van der Waals surface area contributed by atoms with Crippen LogP contribution in [0.25, 0.3) is 0 Å². The molecule has 0 amide bonds. The maximum Gasteiger partial charge on any atom is 0.124 e. The highest BCUT2D eigenvalue weighted by Gasteiger charge is 2.33. The van der Waals surface area contributed by atoms with Gasteiger partial charge in [0.15, 0.2) is 0 Å². The molecule has 18 heavy (non-hydrogen) atoms. The van der Waals surface area contributed by atoms with Gasteiger partial charge in [0.1, 0.15) is 5.82 Å². The lowest BCUT2D eigenvalue weighted by molar-refractivity contribution is 0.0514. The van der Waals surface area contributed by atoms with Crippen molar-refractivity contribution < 1.29 is 4.39 Å². The van der Waals surface area contributed by atoms with Crippen LogP contribution in [-0.2, 0) is 0 Å². The molecule has 2 nitrogen and oxygen atoms in total. The van der Waals surface area contributed by atoms with E-state index in [1.54, 1.807) is 6.07 Å². The second-order valence-electron chi connectivity index (χ2n) is 5.52. The Morgan fingerprint density at radius 1 is 1.44 bits per heavy atom. The highest BCUT2D eigenvalue weighted by atomic mass is 79.9. The number of nitrogens with zero attached hydrogens (tertiary/aromatic N) is 1. The van der Waals surface area contributed by atoms with Crippen molar-refractivity contribution in [3.63, 3.8) is 0 Å². The number of hydrogen-bond acceptors (Lipinski definition) is 2. The molecule has 1 aromatic carbocycles. The molecular weight excluding hydrogens is 295 g/mol. The summed E-state index contributed by atoms with van der Waals surface area (Å²) in [5.41, 5.74) is 1.26. The Balaban J connectivity index is 2.27. The zero-order chi connectivity index (χ0) is 13.3. The molecule has 100 valence electrons. The summed E-state index contributed by atoms with van der Waals surface area (Å²) in [5.74, 6) is -0.197. The third kappa shape index (κ3) is 2.76. The summed E-state index contributed by atoms with van der Waals surface area (Å²) in [4.78, 5) is 2.47. The van der Waals surface area contributed by atoms with Gasteiger partial charge in [0.05, 0.1) is 0 Å². The largest absolute Gasteiger partial charge is 0.314 e. The predicted molar refractivity (Wildman–Crippen MR) is 76.2 cm³/mol. The fraction of sp³-hybridized carbons (Fsp3) is 0.571. The Hall–Kier alpha value is -0.450. The summed E-state index contributed by atoms with van der Waals surface area (Å²) in [5, 5.41) is 3.42. The minimum Gasteiger partial charge on any atom is -0.314 e. The number of piperazine rings is 1. The Bertz CT molecular complexity index is 434. The molecule has 1 unspecified atom stereocenters. The van der Waals surface area contributed by atoms with Gasteiger partial charge in [-0.1, -0.05) is 22.0 Å². The van der Waals surface area contributed by atoms with Crippen LogP contribution in [0, 0.1) is 5.82 Å². The fourth-order valence-corrected chi connectivity index (χ4v) is 3.41. The molecule has 1 aliphatic rings. The van der Waals surface area contributed by atoms with Crippen molar-refractivity contribution in [2.75, 3.05) is 19.6 Å². The first kappa shape index (κ1) is 14.0. The van der Waals surface area contributed by atoms with Crippen LogP contribution in [0.1, 0.15) is 32.4 Å². The van der Waals surface area contributed by atoms with Gasteiger partial charge in [-0.15, -0.1) is 0 Å². The van der Waals surface area contributed by atoms with Crippen molar-refractivity contribution in [1.29, 1.82) is 0 Å². The molecule has 4 heteroatoms. The first-order valence-corrected chi connectivity index (χ1v) is 7.13. The average Bonchev–Trinajstić information content (AvgIpc) is 2.27. The topological polar surface area (TPSA) is 15.3 Å². The molecular formula is C14H20BrFN2. The van der Waals surface area contributed by atoms with Gasteiger partial charge in [0.25, 0.3) is 0 Å². The monoisotopic (exact) mass is 314 g/mol. The maximum absolute atomic E-state index is 13.2. The van der Waals surface area contributed by atoms with E-state index in [1.165, 1.54) is 6.07 Å². The van der Waals surface area contributed by atoms with Crippen molar-refractivity contribution in [3.8, 4) is 0 Å². The van der Waals surface area contributed by atoms with Crippen LogP contribution in [0.3, 0.4) is 0 Å². The van der Waals surface area contributed by atoms with Gasteiger partial charge in [-0.2, -0.15) is 0 Å². The van der Waals surface area contributed by atoms with Gasteiger partial charge in [0, 0.05) is 35.7 Å². The molecule has 0 aliphatic carbocycles. The van der Waals surface area contributed by atoms with E-state index in [1.807, 2.05) is 6.07 Å². The maximum atomic E-state index is 13.2. The Morgan fingerprint density at radius 2 is 2.17 bits per heavy atom. The standard InChI is InChI=1S/C14H20BrFN2/c1-10(12-5-4-11(16)8-13(12)15)18-7-6-17-9-14(18,2)3/h4-5,8,10,17H,6-7,9H2,1-3H3. The third-order valence-corrected chi connectivity index (χ3v) is 4.43. The second kappa shape index (κ2) is 5.27. The fourth-order valence-electron chi connectivity index (χ4n) is 2.72. The van der Waals surface area contributed by atoms with E-state index in [9.17, 15) is 4.39 Å². The molecule has 2 rings (SSSR count). The molecule has 1 atom stereocenters. The van der Waals surface area contributed by atoms with Crippen LogP contribution in [0.4, 0.5) is 4.39 Å². The van der Waals surface area contributed by atoms with Gasteiger partial charge in [0.2, 0.25) is 0 Å². The van der Waals surface area contributed by atoms with Crippen LogP contribution in [-0.4, -0.2) is 30.1 Å². The van der Waals surface area contributed by atoms with E-state index in [-0.39, 0.29) is 17.4 Å². The Labute approximate surface area is 117 Å². The summed E-state index contributed by atoms with van der Waals surface area (Å²) < 4.78 is 14.0. The predicted octanol–water partition coefficient (Wildman–Crippen LogP) is 3.33. The van der Waals surface area contributed by atoms with Crippen molar-refractivity contribution in [3.05, 3.63) is 34.1 Å². The lowest BCUT2D eigenvalue weighted by atomic mass is 9.95. The van der Waals surface area contributed by atoms with Crippen LogP contribution in [0.2, 0.25) is 0 Å². The van der Waals surface area contributed by atoms with Crippen LogP contribution >= 0.6 is 15.9 Å². The summed E-state index contributed by atoms with van der Waals surface area (Å²) in [6.07, 6.45) is 0. The molecule has 0 saturated carbocycles. The molecule has 0 bridgehead atoms. The zero-order valence-electron chi connectivity index (χ0n) is 11.1. The van der Waals surface area contributed by atoms with E-state index in [0.717, 1.165) is 29.7 Å². The SMILES string of the molecule is CC(c1ccc(F)cc1Br)N1CCNCC1(C)C. The number of hydrogen-bond donors (Lipinski definition) is 1. The first-order valence-electron chi connectivity index (χ1n) is 6.34. The number of halogens is 2. The minimum atomic E-state index is -0.197. The smallest absolute Gasteiger partial charge is 0.124 e. The van der Waals surface area contributed by atoms with Gasteiger partial charge < -0.3 is 5.32 Å². The molecule has 0 radical (unpaired) electrons. The van der Waals surface area contributed by atoms with Gasteiger partial charge in [-0.3, -0.25) is 4.90 Å². The van der Waals surface area contributed by atoms with E-state index in [4.69, 9.17) is 0 Å². The molecule has 1 N–H and O–H groups in total. The van der Waals surface area contributed by atoms with E-state index >= 15 is 0 Å². The molecule has 1 aromatic rings. The van der Waals surface area contributed by atoms with Gasteiger partial charge in [-0.05, 0) is 38.5 Å². The molecule has 1 heterocycles. The summed E-state index contributed by atoms with van der Waals surface area (Å²) >= 11 is 3.47. The van der Waals surface area contributed by atoms with Crippen molar-refractivity contribution in [2.45, 2.75) is 32.4 Å². The highest BCUT2D eigenvalue weighted by Crippen LogP contribution is 2.33. The lowest BCUT2D eigenvalue weighted by Crippen LogP contribution is -2.58. The lowest BCUT2D eigenvalue weighted by Gasteiger charge is -2.46. The molecule has 1 saturated heterocycles. The minimum absolute atomic E-state index is 0.117. The van der Waals surface area contributed by atoms with Crippen LogP contribution in [0.5, 0.6) is 0 Å². The Kier molecular flexibility index (Phi) is 4.09. The van der Waals surface area contributed by atoms with E-state index in [2.05, 4.69) is 46.9 Å².